The molecule has 3 aliphatic carbocycles. The Bertz CT molecular complexity index is 1460. The van der Waals surface area contributed by atoms with Crippen LogP contribution in [0.3, 0.4) is 0 Å². The van der Waals surface area contributed by atoms with E-state index in [2.05, 4.69) is 31.4 Å². The number of ether oxygens (including phenoxy) is 2. The van der Waals surface area contributed by atoms with Crippen molar-refractivity contribution in [2.24, 2.45) is 29.1 Å². The fourth-order valence-electron chi connectivity index (χ4n) is 8.35. The van der Waals surface area contributed by atoms with E-state index in [9.17, 15) is 19.8 Å². The molecule has 2 amide bonds. The van der Waals surface area contributed by atoms with E-state index in [0.29, 0.717) is 42.2 Å². The van der Waals surface area contributed by atoms with E-state index in [1.807, 2.05) is 55.4 Å². The summed E-state index contributed by atoms with van der Waals surface area (Å²) in [6.45, 7) is 9.17. The summed E-state index contributed by atoms with van der Waals surface area (Å²) < 4.78 is 11.1. The van der Waals surface area contributed by atoms with Gasteiger partial charge in [0.15, 0.2) is 0 Å². The van der Waals surface area contributed by atoms with Crippen LogP contribution in [0, 0.1) is 29.1 Å². The summed E-state index contributed by atoms with van der Waals surface area (Å²) in [6.07, 6.45) is 0.493. The number of nitrogens with zero attached hydrogens (tertiary/aromatic N) is 2. The highest BCUT2D eigenvalue weighted by Crippen LogP contribution is 2.61. The first kappa shape index (κ1) is 36.1. The Morgan fingerprint density at radius 3 is 2.52 bits per heavy atom. The van der Waals surface area contributed by atoms with Gasteiger partial charge in [-0.05, 0) is 66.7 Å². The van der Waals surface area contributed by atoms with Crippen molar-refractivity contribution in [3.63, 3.8) is 0 Å². The van der Waals surface area contributed by atoms with Gasteiger partial charge in [0, 0.05) is 62.1 Å². The Kier molecular flexibility index (Phi) is 11.1. The van der Waals surface area contributed by atoms with Crippen LogP contribution < -0.4 is 20.3 Å². The molecule has 264 valence electrons. The first-order valence-electron chi connectivity index (χ1n) is 17.1. The molecule has 1 aliphatic heterocycles. The minimum Gasteiger partial charge on any atom is -0.496 e. The van der Waals surface area contributed by atoms with E-state index < -0.39 is 24.2 Å². The number of fused-ring (bicyclic) bond motifs is 2. The molecule has 11 heteroatoms. The molecule has 2 bridgehead atoms. The van der Waals surface area contributed by atoms with Gasteiger partial charge in [0.25, 0.3) is 5.91 Å². The van der Waals surface area contributed by atoms with Crippen molar-refractivity contribution >= 4 is 17.5 Å². The number of para-hydroxylation sites is 1. The van der Waals surface area contributed by atoms with Crippen molar-refractivity contribution in [3.8, 4) is 16.9 Å². The summed E-state index contributed by atoms with van der Waals surface area (Å²) in [6, 6.07) is 10.6. The highest BCUT2D eigenvalue weighted by molar-refractivity contribution is 5.97. The molecule has 0 unspecified atom stereocenters. The SMILES string of the molecule is COCCNC(=O)c1cc(-c2cccc(CN3O[C@@H](CO)[C@@H]([C@H](C)O)[C@H]3C(=O)N[C@H]3C[C@H]4C[C@H]([C@@H]3C)C4(C)C)c2OC)cc(N(C)C)c1. The van der Waals surface area contributed by atoms with Gasteiger partial charge in [-0.3, -0.25) is 14.4 Å². The third-order valence-corrected chi connectivity index (χ3v) is 11.3. The summed E-state index contributed by atoms with van der Waals surface area (Å²) >= 11 is 0. The Labute approximate surface area is 284 Å². The number of aliphatic hydroxyl groups excluding tert-OH is 2. The van der Waals surface area contributed by atoms with Crippen LogP contribution in [0.5, 0.6) is 5.75 Å². The lowest BCUT2D eigenvalue weighted by Gasteiger charge is -2.62. The number of hydrogen-bond donors (Lipinski definition) is 4. The van der Waals surface area contributed by atoms with Crippen molar-refractivity contribution in [2.45, 2.75) is 71.4 Å². The number of benzene rings is 2. The Morgan fingerprint density at radius 2 is 1.92 bits per heavy atom. The van der Waals surface area contributed by atoms with Gasteiger partial charge in [-0.1, -0.05) is 39.0 Å². The molecule has 4 N–H and O–H groups in total. The number of carbonyl (C=O) groups excluding carboxylic acids is 2. The summed E-state index contributed by atoms with van der Waals surface area (Å²) in [5.41, 5.74) is 3.95. The van der Waals surface area contributed by atoms with E-state index >= 15 is 0 Å². The van der Waals surface area contributed by atoms with Crippen LogP contribution in [0.2, 0.25) is 0 Å². The molecule has 6 rings (SSSR count). The van der Waals surface area contributed by atoms with Crippen molar-refractivity contribution in [3.05, 3.63) is 47.5 Å². The van der Waals surface area contributed by atoms with Crippen molar-refractivity contribution in [1.82, 2.24) is 15.7 Å². The summed E-state index contributed by atoms with van der Waals surface area (Å²) in [5, 5.41) is 29.0. The van der Waals surface area contributed by atoms with Gasteiger partial charge in [0.2, 0.25) is 5.91 Å². The van der Waals surface area contributed by atoms with E-state index in [1.165, 1.54) is 6.42 Å². The number of amides is 2. The molecule has 0 radical (unpaired) electrons. The molecule has 4 aliphatic rings. The lowest BCUT2D eigenvalue weighted by molar-refractivity contribution is -0.183. The number of rotatable bonds is 13. The standard InChI is InChI=1S/C37H54N4O7/c1-21-29-17-26(37(29,3)4)18-30(21)39-36(45)33-32(22(2)43)31(20-42)48-41(33)19-23-10-9-11-28(34(23)47-8)24-14-25(16-27(15-24)40(5)6)35(44)38-12-13-46-7/h9-11,14-16,21-22,26,29-33,42-43H,12-13,17-20H2,1-8H3,(H,38,44)(H,39,45)/t21-,22-,26+,29+,30-,31-,32+,33-/m0/s1. The molecule has 0 aromatic heterocycles. The molecule has 48 heavy (non-hydrogen) atoms. The van der Waals surface area contributed by atoms with Crippen LogP contribution >= 0.6 is 0 Å². The molecular weight excluding hydrogens is 612 g/mol. The lowest BCUT2D eigenvalue weighted by atomic mass is 9.45. The Hall–Kier alpha value is -3.22. The third kappa shape index (κ3) is 6.93. The molecule has 1 heterocycles. The molecule has 11 nitrogen and oxygen atoms in total. The number of hydroxylamine groups is 2. The molecule has 4 fully saturated rings. The first-order valence-corrected chi connectivity index (χ1v) is 17.1. The van der Waals surface area contributed by atoms with Crippen molar-refractivity contribution < 1.29 is 34.1 Å². The van der Waals surface area contributed by atoms with Crippen LogP contribution in [0.4, 0.5) is 5.69 Å². The number of anilines is 1. The predicted molar refractivity (Wildman–Crippen MR) is 185 cm³/mol. The molecule has 2 aromatic carbocycles. The third-order valence-electron chi connectivity index (χ3n) is 11.3. The fraction of sp³-hybridized carbons (Fsp3) is 0.622. The number of methoxy groups -OCH3 is 2. The van der Waals surface area contributed by atoms with E-state index in [0.717, 1.165) is 28.8 Å². The minimum atomic E-state index is -0.894. The average Bonchev–Trinajstić information content (AvgIpc) is 3.43. The van der Waals surface area contributed by atoms with Crippen molar-refractivity contribution in [1.29, 1.82) is 0 Å². The molecule has 2 aromatic rings. The first-order chi connectivity index (χ1) is 22.8. The van der Waals surface area contributed by atoms with Crippen LogP contribution in [0.15, 0.2) is 36.4 Å². The highest BCUT2D eigenvalue weighted by atomic mass is 16.7. The smallest absolute Gasteiger partial charge is 0.251 e. The fourth-order valence-corrected chi connectivity index (χ4v) is 8.35. The van der Waals surface area contributed by atoms with Gasteiger partial charge >= 0.3 is 0 Å². The zero-order valence-electron chi connectivity index (χ0n) is 29.7. The number of aliphatic hydroxyl groups is 2. The molecule has 0 spiro atoms. The van der Waals surface area contributed by atoms with Crippen LogP contribution in [-0.4, -0.2) is 99.5 Å². The topological polar surface area (TPSA) is 133 Å². The van der Waals surface area contributed by atoms with E-state index in [1.54, 1.807) is 26.2 Å². The van der Waals surface area contributed by atoms with Crippen molar-refractivity contribution in [2.75, 3.05) is 53.0 Å². The normalized spacial score (nSPS) is 28.3. The number of hydrogen-bond acceptors (Lipinski definition) is 9. The predicted octanol–water partition coefficient (Wildman–Crippen LogP) is 3.47. The Balaban J connectivity index is 1.45. The van der Waals surface area contributed by atoms with Crippen LogP contribution in [0.25, 0.3) is 11.1 Å². The van der Waals surface area contributed by atoms with E-state index in [-0.39, 0.29) is 36.4 Å². The lowest BCUT2D eigenvalue weighted by Crippen LogP contribution is -2.62. The minimum absolute atomic E-state index is 0.0432. The van der Waals surface area contributed by atoms with Gasteiger partial charge in [0.05, 0.1) is 33.0 Å². The molecular formula is C37H54N4O7. The zero-order valence-corrected chi connectivity index (χ0v) is 29.7. The molecule has 1 saturated heterocycles. The number of carbonyl (C=O) groups is 2. The van der Waals surface area contributed by atoms with E-state index in [4.69, 9.17) is 14.3 Å². The van der Waals surface area contributed by atoms with Gasteiger partial charge in [0.1, 0.15) is 17.9 Å². The maximum atomic E-state index is 14.2. The number of nitrogens with one attached hydrogen (secondary N) is 2. The molecule has 8 atom stereocenters. The summed E-state index contributed by atoms with van der Waals surface area (Å²) in [4.78, 5) is 35.4. The second-order valence-corrected chi connectivity index (χ2v) is 14.6. The summed E-state index contributed by atoms with van der Waals surface area (Å²) in [5.74, 6) is 1.00. The van der Waals surface area contributed by atoms with Gasteiger partial charge in [-0.15, -0.1) is 0 Å². The summed E-state index contributed by atoms with van der Waals surface area (Å²) in [7, 11) is 7.02. The Morgan fingerprint density at radius 1 is 1.17 bits per heavy atom. The van der Waals surface area contributed by atoms with Crippen LogP contribution in [-0.2, 0) is 20.9 Å². The average molecular weight is 667 g/mol. The monoisotopic (exact) mass is 666 g/mol. The van der Waals surface area contributed by atoms with Crippen LogP contribution in [0.1, 0.15) is 56.5 Å². The van der Waals surface area contributed by atoms with Gasteiger partial charge in [-0.25, -0.2) is 0 Å². The van der Waals surface area contributed by atoms with Gasteiger partial charge < -0.3 is 35.2 Å². The quantitative estimate of drug-likeness (QED) is 0.237. The zero-order chi connectivity index (χ0) is 34.9. The maximum Gasteiger partial charge on any atom is 0.251 e. The second-order valence-electron chi connectivity index (χ2n) is 14.6. The van der Waals surface area contributed by atoms with Gasteiger partial charge in [-0.2, -0.15) is 5.06 Å². The highest BCUT2D eigenvalue weighted by Gasteiger charge is 2.57. The second kappa shape index (κ2) is 14.7. The largest absolute Gasteiger partial charge is 0.496 e. The maximum absolute atomic E-state index is 14.2. The molecule has 3 saturated carbocycles.